The monoisotopic (exact) mass is 437 g/mol. The molecule has 6 nitrogen and oxygen atoms in total. The summed E-state index contributed by atoms with van der Waals surface area (Å²) in [5.74, 6) is 0.658. The second-order valence-corrected chi connectivity index (χ2v) is 8.83. The summed E-state index contributed by atoms with van der Waals surface area (Å²) in [7, 11) is 0. The Morgan fingerprint density at radius 3 is 2.57 bits per heavy atom. The van der Waals surface area contributed by atoms with Gasteiger partial charge in [0, 0.05) is 15.8 Å². The molecular formula is C22H19N3O3S2. The third-order valence-corrected chi connectivity index (χ3v) is 6.42. The molecule has 0 bridgehead atoms. The molecule has 0 radical (unpaired) electrons. The van der Waals surface area contributed by atoms with Crippen molar-refractivity contribution in [1.82, 2.24) is 4.98 Å². The number of anilines is 1. The van der Waals surface area contributed by atoms with Gasteiger partial charge in [-0.3, -0.25) is 9.59 Å². The summed E-state index contributed by atoms with van der Waals surface area (Å²) in [5.41, 5.74) is 8.28. The van der Waals surface area contributed by atoms with Crippen molar-refractivity contribution >= 4 is 39.5 Å². The van der Waals surface area contributed by atoms with Gasteiger partial charge in [0.05, 0.1) is 17.7 Å². The Morgan fingerprint density at radius 2 is 1.90 bits per heavy atom. The maximum Gasteiger partial charge on any atom is 0.252 e. The zero-order valence-corrected chi connectivity index (χ0v) is 18.0. The predicted octanol–water partition coefficient (Wildman–Crippen LogP) is 5.03. The second-order valence-electron chi connectivity index (χ2n) is 6.75. The van der Waals surface area contributed by atoms with Gasteiger partial charge < -0.3 is 15.5 Å². The van der Waals surface area contributed by atoms with Crippen molar-refractivity contribution in [1.29, 1.82) is 0 Å². The van der Waals surface area contributed by atoms with Gasteiger partial charge in [0.15, 0.2) is 10.8 Å². The van der Waals surface area contributed by atoms with Crippen LogP contribution in [0.3, 0.4) is 0 Å². The molecule has 0 spiro atoms. The molecular weight excluding hydrogens is 418 g/mol. The Balaban J connectivity index is 1.55. The molecule has 0 aliphatic heterocycles. The van der Waals surface area contributed by atoms with E-state index < -0.39 is 5.91 Å². The number of amides is 2. The number of furan rings is 1. The van der Waals surface area contributed by atoms with Crippen LogP contribution in [0.4, 0.5) is 5.00 Å². The van der Waals surface area contributed by atoms with E-state index in [0.717, 1.165) is 26.8 Å². The number of carbonyl (C=O) groups is 2. The summed E-state index contributed by atoms with van der Waals surface area (Å²) in [6.45, 7) is 3.78. The van der Waals surface area contributed by atoms with Crippen LogP contribution >= 0.6 is 22.7 Å². The van der Waals surface area contributed by atoms with Gasteiger partial charge in [0.25, 0.3) is 5.91 Å². The van der Waals surface area contributed by atoms with Gasteiger partial charge in [-0.05, 0) is 31.5 Å². The zero-order chi connectivity index (χ0) is 21.3. The first-order valence-electron chi connectivity index (χ1n) is 9.22. The molecule has 8 heteroatoms. The van der Waals surface area contributed by atoms with Crippen molar-refractivity contribution in [3.8, 4) is 21.9 Å². The van der Waals surface area contributed by atoms with E-state index >= 15 is 0 Å². The minimum Gasteiger partial charge on any atom is -0.459 e. The van der Waals surface area contributed by atoms with Gasteiger partial charge >= 0.3 is 0 Å². The summed E-state index contributed by atoms with van der Waals surface area (Å²) in [5, 5.41) is 5.86. The van der Waals surface area contributed by atoms with Crippen molar-refractivity contribution in [3.63, 3.8) is 0 Å². The molecule has 0 atom stereocenters. The molecule has 0 aliphatic rings. The topological polar surface area (TPSA) is 98.2 Å². The quantitative estimate of drug-likeness (QED) is 0.442. The number of benzene rings is 1. The number of aromatic nitrogens is 1. The normalized spacial score (nSPS) is 10.9. The Hall–Kier alpha value is -3.23. The number of hydrogen-bond donors (Lipinski definition) is 2. The number of nitrogens with two attached hydrogens (primary N) is 1. The Morgan fingerprint density at radius 1 is 1.13 bits per heavy atom. The maximum absolute atomic E-state index is 12.6. The Kier molecular flexibility index (Phi) is 5.52. The van der Waals surface area contributed by atoms with Crippen molar-refractivity contribution < 1.29 is 14.0 Å². The van der Waals surface area contributed by atoms with Crippen LogP contribution in [0.2, 0.25) is 0 Å². The standard InChI is InChI=1S/C22H19N3O3S2/c1-12-8-9-16(28-12)21-24-15(11-29-21)10-17(26)25-22-19(20(23)27)18(13(2)30-22)14-6-4-3-5-7-14/h3-9,11H,10H2,1-2H3,(H2,23,27)(H,25,26). The summed E-state index contributed by atoms with van der Waals surface area (Å²) >= 11 is 2.76. The number of carbonyl (C=O) groups excluding carboxylic acids is 2. The molecule has 0 aliphatic carbocycles. The van der Waals surface area contributed by atoms with Gasteiger partial charge in [0.1, 0.15) is 10.8 Å². The number of primary amides is 1. The highest BCUT2D eigenvalue weighted by molar-refractivity contribution is 7.17. The van der Waals surface area contributed by atoms with Crippen LogP contribution < -0.4 is 11.1 Å². The summed E-state index contributed by atoms with van der Waals surface area (Å²) < 4.78 is 5.58. The van der Waals surface area contributed by atoms with E-state index in [1.165, 1.54) is 22.7 Å². The highest BCUT2D eigenvalue weighted by Gasteiger charge is 2.23. The van der Waals surface area contributed by atoms with E-state index in [4.69, 9.17) is 10.2 Å². The van der Waals surface area contributed by atoms with E-state index in [-0.39, 0.29) is 12.3 Å². The predicted molar refractivity (Wildman–Crippen MR) is 120 cm³/mol. The summed E-state index contributed by atoms with van der Waals surface area (Å²) in [4.78, 5) is 30.2. The molecule has 3 N–H and O–H groups in total. The zero-order valence-electron chi connectivity index (χ0n) is 16.4. The highest BCUT2D eigenvalue weighted by atomic mass is 32.1. The van der Waals surface area contributed by atoms with Gasteiger partial charge in [-0.15, -0.1) is 22.7 Å². The molecule has 4 aromatic rings. The van der Waals surface area contributed by atoms with E-state index in [0.29, 0.717) is 22.0 Å². The molecule has 3 heterocycles. The molecule has 3 aromatic heterocycles. The average molecular weight is 438 g/mol. The summed E-state index contributed by atoms with van der Waals surface area (Å²) in [6, 6.07) is 13.3. The smallest absolute Gasteiger partial charge is 0.252 e. The third-order valence-electron chi connectivity index (χ3n) is 4.49. The fraction of sp³-hybridized carbons (Fsp3) is 0.136. The number of hydrogen-bond acceptors (Lipinski definition) is 6. The SMILES string of the molecule is Cc1ccc(-c2nc(CC(=O)Nc3sc(C)c(-c4ccccc4)c3C(N)=O)cs2)o1. The van der Waals surface area contributed by atoms with Crippen molar-refractivity contribution in [2.75, 3.05) is 5.32 Å². The second kappa shape index (κ2) is 8.25. The van der Waals surface area contributed by atoms with Crippen LogP contribution in [-0.2, 0) is 11.2 Å². The Bertz CT molecular complexity index is 1220. The molecule has 0 saturated heterocycles. The third kappa shape index (κ3) is 4.05. The number of thiophene rings is 1. The number of nitrogens with zero attached hydrogens (tertiary/aromatic N) is 1. The highest BCUT2D eigenvalue weighted by Crippen LogP contribution is 2.39. The first-order chi connectivity index (χ1) is 14.4. The van der Waals surface area contributed by atoms with Crippen molar-refractivity contribution in [3.05, 3.63) is 69.7 Å². The number of rotatable bonds is 6. The molecule has 0 unspecified atom stereocenters. The van der Waals surface area contributed by atoms with Crippen LogP contribution in [0.1, 0.15) is 26.7 Å². The molecule has 0 fully saturated rings. The molecule has 1 aromatic carbocycles. The first kappa shape index (κ1) is 20.1. The number of aryl methyl sites for hydroxylation is 2. The fourth-order valence-corrected chi connectivity index (χ4v) is 5.08. The van der Waals surface area contributed by atoms with Gasteiger partial charge in [-0.2, -0.15) is 0 Å². The van der Waals surface area contributed by atoms with Gasteiger partial charge in [-0.1, -0.05) is 30.3 Å². The molecule has 4 rings (SSSR count). The Labute approximate surface area is 181 Å². The molecule has 0 saturated carbocycles. The summed E-state index contributed by atoms with van der Waals surface area (Å²) in [6.07, 6.45) is 0.0893. The van der Waals surface area contributed by atoms with Crippen LogP contribution in [-0.4, -0.2) is 16.8 Å². The lowest BCUT2D eigenvalue weighted by molar-refractivity contribution is -0.115. The van der Waals surface area contributed by atoms with E-state index in [2.05, 4.69) is 10.3 Å². The van der Waals surface area contributed by atoms with E-state index in [1.54, 1.807) is 0 Å². The average Bonchev–Trinajstić information content (AvgIpc) is 3.41. The van der Waals surface area contributed by atoms with Gasteiger partial charge in [0.2, 0.25) is 5.91 Å². The fourth-order valence-electron chi connectivity index (χ4n) is 3.21. The van der Waals surface area contributed by atoms with Crippen LogP contribution in [0.5, 0.6) is 0 Å². The lowest BCUT2D eigenvalue weighted by atomic mass is 10.0. The lowest BCUT2D eigenvalue weighted by Crippen LogP contribution is -2.18. The van der Waals surface area contributed by atoms with Crippen LogP contribution in [0, 0.1) is 13.8 Å². The van der Waals surface area contributed by atoms with E-state index in [9.17, 15) is 9.59 Å². The van der Waals surface area contributed by atoms with Crippen molar-refractivity contribution in [2.45, 2.75) is 20.3 Å². The van der Waals surface area contributed by atoms with Gasteiger partial charge in [-0.25, -0.2) is 4.98 Å². The number of nitrogens with one attached hydrogen (secondary N) is 1. The minimum atomic E-state index is -0.572. The lowest BCUT2D eigenvalue weighted by Gasteiger charge is -2.06. The van der Waals surface area contributed by atoms with E-state index in [1.807, 2.05) is 61.7 Å². The maximum atomic E-state index is 12.6. The number of thiazole rings is 1. The van der Waals surface area contributed by atoms with Crippen LogP contribution in [0.25, 0.3) is 21.9 Å². The van der Waals surface area contributed by atoms with Crippen molar-refractivity contribution in [2.24, 2.45) is 5.73 Å². The largest absolute Gasteiger partial charge is 0.459 e. The van der Waals surface area contributed by atoms with Crippen LogP contribution in [0.15, 0.2) is 52.3 Å². The first-order valence-corrected chi connectivity index (χ1v) is 10.9. The molecule has 2 amide bonds. The minimum absolute atomic E-state index is 0.0893. The molecule has 30 heavy (non-hydrogen) atoms. The molecule has 152 valence electrons.